The van der Waals surface area contributed by atoms with E-state index < -0.39 is 27.8 Å². The number of hydrogen-bond donors (Lipinski definition) is 3. The standard InChI is InChI=1S/C27H37N3O5S/c1-35-27(32)21(15-19-7-11-23(28)12-8-19)17-26(31)22(16-20-9-13-24(29)14-10-20)18-36(33,34)30-25-5-3-2-4-6-25/h7-14,21-22,25,30H,2-6,15-18,28-29H2,1H3/t21-,22+/m1/s1. The number of methoxy groups -OCH3 is 1. The van der Waals surface area contributed by atoms with E-state index in [0.29, 0.717) is 17.8 Å². The van der Waals surface area contributed by atoms with Crippen molar-refractivity contribution in [1.82, 2.24) is 4.72 Å². The molecule has 0 bridgehead atoms. The van der Waals surface area contributed by atoms with Crippen molar-refractivity contribution >= 4 is 33.2 Å². The first kappa shape index (κ1) is 27.7. The van der Waals surface area contributed by atoms with E-state index in [9.17, 15) is 18.0 Å². The number of rotatable bonds is 12. The van der Waals surface area contributed by atoms with Gasteiger partial charge in [0.15, 0.2) is 0 Å². The van der Waals surface area contributed by atoms with Crippen LogP contribution < -0.4 is 16.2 Å². The Labute approximate surface area is 213 Å². The van der Waals surface area contributed by atoms with Crippen LogP contribution in [0.4, 0.5) is 11.4 Å². The number of benzene rings is 2. The summed E-state index contributed by atoms with van der Waals surface area (Å²) in [4.78, 5) is 26.1. The van der Waals surface area contributed by atoms with E-state index in [0.717, 1.165) is 43.2 Å². The van der Waals surface area contributed by atoms with Gasteiger partial charge in [-0.05, 0) is 61.1 Å². The van der Waals surface area contributed by atoms with E-state index in [1.54, 1.807) is 48.5 Å². The van der Waals surface area contributed by atoms with Crippen molar-refractivity contribution in [2.24, 2.45) is 11.8 Å². The molecule has 0 radical (unpaired) electrons. The van der Waals surface area contributed by atoms with Crippen LogP contribution in [-0.4, -0.2) is 39.1 Å². The SMILES string of the molecule is COC(=O)[C@@H](CC(=O)[C@@H](Cc1ccc(N)cc1)CS(=O)(=O)NC1CCCCC1)Cc1ccc(N)cc1. The molecule has 0 aromatic heterocycles. The minimum Gasteiger partial charge on any atom is -0.469 e. The second kappa shape index (κ2) is 12.9. The molecule has 2 atom stereocenters. The van der Waals surface area contributed by atoms with Crippen molar-refractivity contribution in [2.45, 2.75) is 57.4 Å². The number of esters is 1. The zero-order chi connectivity index (χ0) is 26.1. The molecule has 3 rings (SSSR count). The molecular weight excluding hydrogens is 478 g/mol. The third-order valence-electron chi connectivity index (χ3n) is 6.73. The van der Waals surface area contributed by atoms with Gasteiger partial charge in [0, 0.05) is 29.8 Å². The van der Waals surface area contributed by atoms with Gasteiger partial charge < -0.3 is 16.2 Å². The van der Waals surface area contributed by atoms with E-state index in [1.165, 1.54) is 7.11 Å². The molecule has 0 aliphatic heterocycles. The van der Waals surface area contributed by atoms with Crippen molar-refractivity contribution in [3.63, 3.8) is 0 Å². The molecule has 8 nitrogen and oxygen atoms in total. The number of nitrogens with one attached hydrogen (secondary N) is 1. The van der Waals surface area contributed by atoms with Crippen molar-refractivity contribution < 1.29 is 22.7 Å². The van der Waals surface area contributed by atoms with Crippen molar-refractivity contribution in [1.29, 1.82) is 0 Å². The fourth-order valence-corrected chi connectivity index (χ4v) is 6.42. The lowest BCUT2D eigenvalue weighted by molar-refractivity contribution is -0.147. The second-order valence-electron chi connectivity index (χ2n) is 9.71. The van der Waals surface area contributed by atoms with Gasteiger partial charge in [-0.2, -0.15) is 0 Å². The largest absolute Gasteiger partial charge is 0.469 e. The third kappa shape index (κ3) is 8.64. The van der Waals surface area contributed by atoms with Crippen LogP contribution >= 0.6 is 0 Å². The molecular formula is C27H37N3O5S. The summed E-state index contributed by atoms with van der Waals surface area (Å²) in [5.74, 6) is -2.66. The zero-order valence-corrected chi connectivity index (χ0v) is 21.6. The number of ether oxygens (including phenoxy) is 1. The molecule has 1 fully saturated rings. The first-order chi connectivity index (χ1) is 17.1. The minimum absolute atomic E-state index is 0.0932. The van der Waals surface area contributed by atoms with Crippen molar-refractivity contribution in [3.05, 3.63) is 59.7 Å². The van der Waals surface area contributed by atoms with Gasteiger partial charge in [-0.15, -0.1) is 0 Å². The predicted octanol–water partition coefficient (Wildman–Crippen LogP) is 3.25. The number of sulfonamides is 1. The molecule has 2 aromatic rings. The van der Waals surface area contributed by atoms with Gasteiger partial charge in [0.05, 0.1) is 18.8 Å². The quantitative estimate of drug-likeness (QED) is 0.291. The highest BCUT2D eigenvalue weighted by Gasteiger charge is 2.32. The molecule has 196 valence electrons. The molecule has 36 heavy (non-hydrogen) atoms. The summed E-state index contributed by atoms with van der Waals surface area (Å²) in [5, 5.41) is 0. The van der Waals surface area contributed by atoms with E-state index >= 15 is 0 Å². The number of Topliss-reactive ketones (excluding diaryl/α,β-unsaturated/α-hetero) is 1. The molecule has 1 saturated carbocycles. The Morgan fingerprint density at radius 3 is 1.89 bits per heavy atom. The average molecular weight is 516 g/mol. The van der Waals surface area contributed by atoms with Crippen LogP contribution in [0.15, 0.2) is 48.5 Å². The summed E-state index contributed by atoms with van der Waals surface area (Å²) in [6.07, 6.45) is 5.12. The molecule has 0 amide bonds. The van der Waals surface area contributed by atoms with E-state index in [-0.39, 0.29) is 30.4 Å². The van der Waals surface area contributed by atoms with Gasteiger partial charge in [-0.3, -0.25) is 9.59 Å². The number of carbonyl (C=O) groups is 2. The number of carbonyl (C=O) groups excluding carboxylic acids is 2. The first-order valence-electron chi connectivity index (χ1n) is 12.4. The molecule has 0 saturated heterocycles. The highest BCUT2D eigenvalue weighted by Crippen LogP contribution is 2.23. The van der Waals surface area contributed by atoms with Crippen molar-refractivity contribution in [3.8, 4) is 0 Å². The van der Waals surface area contributed by atoms with Gasteiger partial charge in [0.1, 0.15) is 5.78 Å². The summed E-state index contributed by atoms with van der Waals surface area (Å²) in [7, 11) is -2.42. The van der Waals surface area contributed by atoms with Gasteiger partial charge in [0.2, 0.25) is 10.0 Å². The summed E-state index contributed by atoms with van der Waals surface area (Å²) in [6.45, 7) is 0. The van der Waals surface area contributed by atoms with E-state index in [4.69, 9.17) is 16.2 Å². The first-order valence-corrected chi connectivity index (χ1v) is 14.1. The molecule has 0 unspecified atom stereocenters. The second-order valence-corrected chi connectivity index (χ2v) is 11.5. The number of nitrogen functional groups attached to an aromatic ring is 2. The average Bonchev–Trinajstić information content (AvgIpc) is 2.85. The Kier molecular flexibility index (Phi) is 9.89. The van der Waals surface area contributed by atoms with Crippen LogP contribution in [0.25, 0.3) is 0 Å². The van der Waals surface area contributed by atoms with Crippen LogP contribution in [0.5, 0.6) is 0 Å². The topological polar surface area (TPSA) is 142 Å². The summed E-state index contributed by atoms with van der Waals surface area (Å²) in [5.41, 5.74) is 14.4. The maximum absolute atomic E-state index is 13.5. The highest BCUT2D eigenvalue weighted by atomic mass is 32.2. The van der Waals surface area contributed by atoms with E-state index in [1.807, 2.05) is 0 Å². The normalized spacial score (nSPS) is 16.2. The molecule has 5 N–H and O–H groups in total. The molecule has 0 spiro atoms. The maximum Gasteiger partial charge on any atom is 0.309 e. The predicted molar refractivity (Wildman–Crippen MR) is 142 cm³/mol. The van der Waals surface area contributed by atoms with Crippen LogP contribution in [-0.2, 0) is 37.2 Å². The Hall–Kier alpha value is -2.91. The highest BCUT2D eigenvalue weighted by molar-refractivity contribution is 7.89. The Balaban J connectivity index is 1.78. The minimum atomic E-state index is -3.70. The van der Waals surface area contributed by atoms with Crippen LogP contribution in [0, 0.1) is 11.8 Å². The number of anilines is 2. The third-order valence-corrected chi connectivity index (χ3v) is 8.27. The summed E-state index contributed by atoms with van der Waals surface area (Å²) < 4.78 is 33.9. The fourth-order valence-electron chi connectivity index (χ4n) is 4.74. The van der Waals surface area contributed by atoms with Gasteiger partial charge in [0.25, 0.3) is 0 Å². The van der Waals surface area contributed by atoms with Gasteiger partial charge in [-0.1, -0.05) is 43.5 Å². The summed E-state index contributed by atoms with van der Waals surface area (Å²) in [6, 6.07) is 14.0. The van der Waals surface area contributed by atoms with Gasteiger partial charge in [-0.25, -0.2) is 13.1 Å². The monoisotopic (exact) mass is 515 g/mol. The molecule has 1 aliphatic rings. The number of ketones is 1. The lowest BCUT2D eigenvalue weighted by Crippen LogP contribution is -2.41. The molecule has 0 heterocycles. The Morgan fingerprint density at radius 1 is 0.889 bits per heavy atom. The number of hydrogen-bond acceptors (Lipinski definition) is 7. The van der Waals surface area contributed by atoms with Crippen molar-refractivity contribution in [2.75, 3.05) is 24.3 Å². The molecule has 2 aromatic carbocycles. The summed E-state index contributed by atoms with van der Waals surface area (Å²) >= 11 is 0. The number of nitrogens with two attached hydrogens (primary N) is 2. The smallest absolute Gasteiger partial charge is 0.309 e. The van der Waals surface area contributed by atoms with Crippen LogP contribution in [0.3, 0.4) is 0 Å². The Morgan fingerprint density at radius 2 is 1.39 bits per heavy atom. The van der Waals surface area contributed by atoms with Gasteiger partial charge >= 0.3 is 5.97 Å². The Bertz CT molecular complexity index is 1110. The lowest BCUT2D eigenvalue weighted by Gasteiger charge is -2.25. The van der Waals surface area contributed by atoms with E-state index in [2.05, 4.69) is 4.72 Å². The molecule has 1 aliphatic carbocycles. The fraction of sp³-hybridized carbons (Fsp3) is 0.481. The maximum atomic E-state index is 13.5. The zero-order valence-electron chi connectivity index (χ0n) is 20.8. The van der Waals surface area contributed by atoms with Crippen LogP contribution in [0.2, 0.25) is 0 Å². The molecule has 9 heteroatoms. The lowest BCUT2D eigenvalue weighted by atomic mass is 9.88. The van der Waals surface area contributed by atoms with Crippen LogP contribution in [0.1, 0.15) is 49.7 Å².